The Morgan fingerprint density at radius 1 is 0.730 bits per heavy atom. The minimum atomic E-state index is -3.73. The van der Waals surface area contributed by atoms with Gasteiger partial charge in [-0.2, -0.15) is 0 Å². The zero-order valence-electron chi connectivity index (χ0n) is 20.0. The van der Waals surface area contributed by atoms with Gasteiger partial charge in [-0.1, -0.05) is 79.7 Å². The summed E-state index contributed by atoms with van der Waals surface area (Å²) in [4.78, 5) is 7.85. The number of aromatic nitrogens is 2. The fraction of sp³-hybridized carbons (Fsp3) is 0.0645. The molecule has 0 amide bonds. The van der Waals surface area contributed by atoms with Gasteiger partial charge in [0.1, 0.15) is 10.7 Å². The molecule has 0 N–H and O–H groups in total. The molecule has 0 fully saturated rings. The zero-order valence-corrected chi connectivity index (χ0v) is 21.7. The summed E-state index contributed by atoms with van der Waals surface area (Å²) in [6.45, 7) is 2.05. The van der Waals surface area contributed by atoms with Crippen LogP contribution in [0.25, 0.3) is 48.7 Å². The van der Waals surface area contributed by atoms with Gasteiger partial charge in [0, 0.05) is 21.7 Å². The first-order valence-electron chi connectivity index (χ1n) is 12.2. The number of hydrogen-bond acceptors (Lipinski definition) is 4. The number of aryl methyl sites for hydroxylation is 1. The summed E-state index contributed by atoms with van der Waals surface area (Å²) in [5, 5.41) is 0. The minimum absolute atomic E-state index is 0.326. The first-order valence-corrected chi connectivity index (χ1v) is 14.5. The monoisotopic (exact) mass is 518 g/mol. The maximum Gasteiger partial charge on any atom is 0.211 e. The van der Waals surface area contributed by atoms with Crippen LogP contribution in [0.2, 0.25) is 0 Å². The van der Waals surface area contributed by atoms with Crippen molar-refractivity contribution in [2.45, 2.75) is 23.1 Å². The fourth-order valence-corrected chi connectivity index (χ4v) is 8.08. The van der Waals surface area contributed by atoms with E-state index in [2.05, 4.69) is 48.5 Å². The SMILES string of the molecule is CCc1nc2ccc(-c3ccc(-c4ccc(-c5ccccc5)s4)cc3)c3c2n1-c1ccccc1S3(=O)=O. The normalized spacial score (nSPS) is 13.5. The highest BCUT2D eigenvalue weighted by atomic mass is 32.2. The number of benzene rings is 4. The second-order valence-corrected chi connectivity index (χ2v) is 12.0. The summed E-state index contributed by atoms with van der Waals surface area (Å²) in [5.41, 5.74) is 5.94. The molecule has 0 saturated carbocycles. The van der Waals surface area contributed by atoms with E-state index in [1.54, 1.807) is 23.5 Å². The average Bonchev–Trinajstić information content (AvgIpc) is 3.58. The Morgan fingerprint density at radius 3 is 2.11 bits per heavy atom. The lowest BCUT2D eigenvalue weighted by atomic mass is 10.0. The van der Waals surface area contributed by atoms with Crippen LogP contribution in [0.4, 0.5) is 0 Å². The highest BCUT2D eigenvalue weighted by Gasteiger charge is 2.35. The second kappa shape index (κ2) is 8.26. The van der Waals surface area contributed by atoms with Crippen molar-refractivity contribution in [2.24, 2.45) is 0 Å². The first kappa shape index (κ1) is 22.2. The molecule has 0 unspecified atom stereocenters. The van der Waals surface area contributed by atoms with Crippen LogP contribution in [-0.4, -0.2) is 18.0 Å². The van der Waals surface area contributed by atoms with E-state index >= 15 is 0 Å². The topological polar surface area (TPSA) is 52.0 Å². The Kier molecular flexibility index (Phi) is 4.96. The summed E-state index contributed by atoms with van der Waals surface area (Å²) in [5.74, 6) is 0.859. The Balaban J connectivity index is 1.37. The van der Waals surface area contributed by atoms with Gasteiger partial charge in [0.2, 0.25) is 9.84 Å². The minimum Gasteiger partial charge on any atom is -0.294 e. The van der Waals surface area contributed by atoms with Gasteiger partial charge in [-0.25, -0.2) is 13.4 Å². The molecule has 0 atom stereocenters. The van der Waals surface area contributed by atoms with Gasteiger partial charge in [-0.15, -0.1) is 11.3 Å². The highest BCUT2D eigenvalue weighted by molar-refractivity contribution is 7.92. The molecule has 4 nitrogen and oxygen atoms in total. The lowest BCUT2D eigenvalue weighted by Crippen LogP contribution is -2.16. The third-order valence-electron chi connectivity index (χ3n) is 6.97. The van der Waals surface area contributed by atoms with Crippen molar-refractivity contribution in [1.82, 2.24) is 9.55 Å². The quantitative estimate of drug-likeness (QED) is 0.239. The molecule has 6 aromatic rings. The predicted molar refractivity (Wildman–Crippen MR) is 150 cm³/mol. The highest BCUT2D eigenvalue weighted by Crippen LogP contribution is 2.44. The van der Waals surface area contributed by atoms with Crippen molar-refractivity contribution in [3.05, 3.63) is 109 Å². The van der Waals surface area contributed by atoms with Crippen LogP contribution >= 0.6 is 11.3 Å². The molecule has 0 spiro atoms. The molecule has 0 radical (unpaired) electrons. The van der Waals surface area contributed by atoms with Crippen molar-refractivity contribution in [1.29, 1.82) is 0 Å². The number of fused-ring (bicyclic) bond motifs is 2. The maximum atomic E-state index is 14.0. The predicted octanol–water partition coefficient (Wildman–Crippen LogP) is 7.80. The van der Waals surface area contributed by atoms with Crippen LogP contribution in [0, 0.1) is 0 Å². The van der Waals surface area contributed by atoms with E-state index in [1.165, 1.54) is 15.3 Å². The van der Waals surface area contributed by atoms with Gasteiger partial charge in [0.05, 0.1) is 21.6 Å². The van der Waals surface area contributed by atoms with E-state index < -0.39 is 9.84 Å². The second-order valence-electron chi connectivity index (χ2n) is 9.11. The van der Waals surface area contributed by atoms with Crippen LogP contribution in [-0.2, 0) is 16.3 Å². The number of imidazole rings is 1. The van der Waals surface area contributed by atoms with E-state index in [4.69, 9.17) is 4.98 Å². The number of para-hydroxylation sites is 1. The standard InChI is InChI=1S/C31H22N2O2S2/c1-2-29-32-24-17-16-23(31-30(24)33(29)25-10-6-7-11-28(25)37(31,34)35)20-12-14-22(15-13-20)27-19-18-26(36-27)21-8-4-3-5-9-21/h3-19H,2H2,1H3. The van der Waals surface area contributed by atoms with E-state index in [0.29, 0.717) is 38.5 Å². The molecule has 6 heteroatoms. The summed E-state index contributed by atoms with van der Waals surface area (Å²) in [6, 6.07) is 33.9. The number of sulfone groups is 1. The largest absolute Gasteiger partial charge is 0.294 e. The molecule has 3 heterocycles. The van der Waals surface area contributed by atoms with E-state index in [9.17, 15) is 8.42 Å². The number of hydrogen-bond donors (Lipinski definition) is 0. The van der Waals surface area contributed by atoms with Crippen LogP contribution in [0.1, 0.15) is 12.7 Å². The summed E-state index contributed by atoms with van der Waals surface area (Å²) in [6.07, 6.45) is 0.707. The van der Waals surface area contributed by atoms with Crippen molar-refractivity contribution < 1.29 is 8.42 Å². The van der Waals surface area contributed by atoms with Crippen LogP contribution in [0.5, 0.6) is 0 Å². The number of thiophene rings is 1. The van der Waals surface area contributed by atoms with E-state index in [1.807, 2.05) is 54.0 Å². The molecule has 0 saturated heterocycles. The molecule has 2 aromatic heterocycles. The maximum absolute atomic E-state index is 14.0. The van der Waals surface area contributed by atoms with Gasteiger partial charge >= 0.3 is 0 Å². The summed E-state index contributed by atoms with van der Waals surface area (Å²) in [7, 11) is -3.73. The van der Waals surface area contributed by atoms with Crippen LogP contribution in [0.15, 0.2) is 113 Å². The fourth-order valence-electron chi connectivity index (χ4n) is 5.22. The molecular weight excluding hydrogens is 496 g/mol. The third-order valence-corrected chi connectivity index (χ3v) is 10.0. The van der Waals surface area contributed by atoms with Gasteiger partial charge < -0.3 is 0 Å². The lowest BCUT2D eigenvalue weighted by molar-refractivity contribution is 0.594. The average molecular weight is 519 g/mol. The van der Waals surface area contributed by atoms with E-state index in [-0.39, 0.29) is 0 Å². The summed E-state index contributed by atoms with van der Waals surface area (Å²) >= 11 is 1.75. The molecule has 0 bridgehead atoms. The van der Waals surface area contributed by atoms with Gasteiger partial charge in [0.15, 0.2) is 0 Å². The van der Waals surface area contributed by atoms with Crippen LogP contribution < -0.4 is 0 Å². The molecular formula is C31H22N2O2S2. The Hall–Kier alpha value is -4.00. The Bertz CT molecular complexity index is 1920. The Morgan fingerprint density at radius 2 is 1.38 bits per heavy atom. The number of nitrogens with zero attached hydrogens (tertiary/aromatic N) is 2. The van der Waals surface area contributed by atoms with E-state index in [0.717, 1.165) is 17.0 Å². The van der Waals surface area contributed by atoms with Crippen LogP contribution in [0.3, 0.4) is 0 Å². The van der Waals surface area contributed by atoms with Crippen molar-refractivity contribution >= 4 is 32.2 Å². The molecule has 180 valence electrons. The van der Waals surface area contributed by atoms with Gasteiger partial charge in [-0.3, -0.25) is 4.57 Å². The summed E-state index contributed by atoms with van der Waals surface area (Å²) < 4.78 is 29.9. The Labute approximate surface area is 219 Å². The van der Waals surface area contributed by atoms with Gasteiger partial charge in [0.25, 0.3) is 0 Å². The molecule has 1 aliphatic heterocycles. The molecule has 4 aromatic carbocycles. The molecule has 7 rings (SSSR count). The molecule has 0 aliphatic carbocycles. The first-order chi connectivity index (χ1) is 18.1. The van der Waals surface area contributed by atoms with Crippen molar-refractivity contribution in [2.75, 3.05) is 0 Å². The smallest absolute Gasteiger partial charge is 0.211 e. The van der Waals surface area contributed by atoms with Gasteiger partial charge in [-0.05, 0) is 47.0 Å². The van der Waals surface area contributed by atoms with Crippen molar-refractivity contribution in [3.8, 4) is 37.7 Å². The van der Waals surface area contributed by atoms with Crippen molar-refractivity contribution in [3.63, 3.8) is 0 Å². The lowest BCUT2D eigenvalue weighted by Gasteiger charge is -2.22. The zero-order chi connectivity index (χ0) is 25.1. The molecule has 1 aliphatic rings. The third kappa shape index (κ3) is 3.33. The number of rotatable bonds is 4. The molecule has 37 heavy (non-hydrogen) atoms.